The lowest BCUT2D eigenvalue weighted by Crippen LogP contribution is -2.38. The summed E-state index contributed by atoms with van der Waals surface area (Å²) in [7, 11) is 0. The van der Waals surface area contributed by atoms with Crippen molar-refractivity contribution in [3.05, 3.63) is 40.2 Å². The summed E-state index contributed by atoms with van der Waals surface area (Å²) in [5, 5.41) is 7.41. The highest BCUT2D eigenvalue weighted by Crippen LogP contribution is 2.43. The number of anilines is 1. The standard InChI is InChI=1S/C16H18N2O2S/c1-2-9-5-6-10-12(8-9)21-16-13(10)15(19)17-14(18-16)11-4-3-7-20-11/h3-4,7,9,14,18H,2,5-6,8H2,1H3,(H,17,19)/t9-,14-/m0/s1. The van der Waals surface area contributed by atoms with Gasteiger partial charge < -0.3 is 15.1 Å². The number of carbonyl (C=O) groups excluding carboxylic acids is 1. The highest BCUT2D eigenvalue weighted by molar-refractivity contribution is 7.16. The van der Waals surface area contributed by atoms with Crippen molar-refractivity contribution in [2.45, 2.75) is 38.8 Å². The van der Waals surface area contributed by atoms with Gasteiger partial charge in [-0.3, -0.25) is 4.79 Å². The predicted octanol–water partition coefficient (Wildman–Crippen LogP) is 3.71. The molecule has 110 valence electrons. The van der Waals surface area contributed by atoms with Gasteiger partial charge in [-0.25, -0.2) is 0 Å². The summed E-state index contributed by atoms with van der Waals surface area (Å²) in [4.78, 5) is 13.9. The first kappa shape index (κ1) is 13.0. The average Bonchev–Trinajstić information content (AvgIpc) is 3.13. The summed E-state index contributed by atoms with van der Waals surface area (Å²) >= 11 is 1.75. The van der Waals surface area contributed by atoms with E-state index in [1.54, 1.807) is 17.6 Å². The molecule has 21 heavy (non-hydrogen) atoms. The van der Waals surface area contributed by atoms with Crippen LogP contribution in [0.3, 0.4) is 0 Å². The largest absolute Gasteiger partial charge is 0.465 e. The molecule has 2 aromatic rings. The van der Waals surface area contributed by atoms with Gasteiger partial charge in [0.2, 0.25) is 0 Å². The Hall–Kier alpha value is -1.75. The lowest BCUT2D eigenvalue weighted by molar-refractivity contribution is 0.0930. The lowest BCUT2D eigenvalue weighted by Gasteiger charge is -2.25. The van der Waals surface area contributed by atoms with Crippen LogP contribution in [0.15, 0.2) is 22.8 Å². The van der Waals surface area contributed by atoms with Crippen LogP contribution in [-0.2, 0) is 12.8 Å². The van der Waals surface area contributed by atoms with Crippen LogP contribution < -0.4 is 10.6 Å². The molecule has 1 aliphatic carbocycles. The van der Waals surface area contributed by atoms with Crippen LogP contribution in [0.4, 0.5) is 5.00 Å². The van der Waals surface area contributed by atoms with Crippen molar-refractivity contribution >= 4 is 22.2 Å². The Labute approximate surface area is 127 Å². The molecular weight excluding hydrogens is 284 g/mol. The van der Waals surface area contributed by atoms with E-state index in [4.69, 9.17) is 4.42 Å². The van der Waals surface area contributed by atoms with E-state index in [0.29, 0.717) is 0 Å². The van der Waals surface area contributed by atoms with Crippen molar-refractivity contribution in [1.82, 2.24) is 5.32 Å². The molecule has 3 heterocycles. The van der Waals surface area contributed by atoms with Crippen LogP contribution in [-0.4, -0.2) is 5.91 Å². The van der Waals surface area contributed by atoms with Gasteiger partial charge in [-0.1, -0.05) is 13.3 Å². The lowest BCUT2D eigenvalue weighted by atomic mass is 9.85. The van der Waals surface area contributed by atoms with E-state index in [0.717, 1.165) is 35.1 Å². The number of rotatable bonds is 2. The normalized spacial score (nSPS) is 24.0. The van der Waals surface area contributed by atoms with Gasteiger partial charge in [0.1, 0.15) is 10.8 Å². The first-order chi connectivity index (χ1) is 10.3. The van der Waals surface area contributed by atoms with Gasteiger partial charge in [-0.15, -0.1) is 11.3 Å². The van der Waals surface area contributed by atoms with Gasteiger partial charge in [0, 0.05) is 4.88 Å². The number of hydrogen-bond acceptors (Lipinski definition) is 4. The first-order valence-corrected chi connectivity index (χ1v) is 8.33. The summed E-state index contributed by atoms with van der Waals surface area (Å²) in [5.74, 6) is 1.53. The molecule has 2 N–H and O–H groups in total. The maximum atomic E-state index is 12.5. The zero-order chi connectivity index (χ0) is 14.4. The Morgan fingerprint density at radius 2 is 2.33 bits per heavy atom. The zero-order valence-electron chi connectivity index (χ0n) is 11.9. The minimum atomic E-state index is -0.262. The molecule has 4 nitrogen and oxygen atoms in total. The molecule has 1 aliphatic heterocycles. The molecule has 2 aliphatic rings. The summed E-state index contributed by atoms with van der Waals surface area (Å²) in [6.07, 6.45) is 5.92. The molecule has 0 spiro atoms. The second kappa shape index (κ2) is 4.91. The van der Waals surface area contributed by atoms with Crippen LogP contribution in [0.2, 0.25) is 0 Å². The summed E-state index contributed by atoms with van der Waals surface area (Å²) in [6, 6.07) is 3.72. The molecule has 4 rings (SSSR count). The number of thiophene rings is 1. The summed E-state index contributed by atoms with van der Waals surface area (Å²) < 4.78 is 5.40. The Kier molecular flexibility index (Phi) is 3.03. The number of fused-ring (bicyclic) bond motifs is 3. The Morgan fingerprint density at radius 3 is 3.10 bits per heavy atom. The highest BCUT2D eigenvalue weighted by atomic mass is 32.1. The SMILES string of the molecule is CC[C@H]1CCc2c(sc3c2C(=O)N[C@H](c2ccco2)N3)C1. The number of carbonyl (C=O) groups is 1. The molecule has 0 radical (unpaired) electrons. The fourth-order valence-corrected chi connectivity index (χ4v) is 4.70. The maximum Gasteiger partial charge on any atom is 0.256 e. The number of nitrogens with one attached hydrogen (secondary N) is 2. The minimum absolute atomic E-state index is 0.0256. The zero-order valence-corrected chi connectivity index (χ0v) is 12.8. The van der Waals surface area contributed by atoms with Gasteiger partial charge in [0.25, 0.3) is 5.91 Å². The van der Waals surface area contributed by atoms with Gasteiger partial charge in [0.05, 0.1) is 11.8 Å². The molecule has 5 heteroatoms. The van der Waals surface area contributed by atoms with Crippen LogP contribution >= 0.6 is 11.3 Å². The van der Waals surface area contributed by atoms with Gasteiger partial charge >= 0.3 is 0 Å². The molecule has 0 unspecified atom stereocenters. The molecule has 0 saturated heterocycles. The van der Waals surface area contributed by atoms with Crippen molar-refractivity contribution < 1.29 is 9.21 Å². The molecule has 2 aromatic heterocycles. The monoisotopic (exact) mass is 302 g/mol. The van der Waals surface area contributed by atoms with Crippen LogP contribution in [0.5, 0.6) is 0 Å². The number of amides is 1. The number of hydrogen-bond donors (Lipinski definition) is 2. The molecule has 1 amide bonds. The minimum Gasteiger partial charge on any atom is -0.465 e. The summed E-state index contributed by atoms with van der Waals surface area (Å²) in [6.45, 7) is 2.25. The molecule has 0 saturated carbocycles. The van der Waals surface area contributed by atoms with E-state index in [9.17, 15) is 4.79 Å². The third-order valence-corrected chi connectivity index (χ3v) is 5.74. The van der Waals surface area contributed by atoms with Crippen molar-refractivity contribution in [1.29, 1.82) is 0 Å². The van der Waals surface area contributed by atoms with Crippen molar-refractivity contribution in [3.8, 4) is 0 Å². The van der Waals surface area contributed by atoms with E-state index >= 15 is 0 Å². The van der Waals surface area contributed by atoms with Crippen molar-refractivity contribution in [2.75, 3.05) is 5.32 Å². The Bertz CT molecular complexity index is 675. The first-order valence-electron chi connectivity index (χ1n) is 7.51. The predicted molar refractivity (Wildman–Crippen MR) is 82.7 cm³/mol. The van der Waals surface area contributed by atoms with Gasteiger partial charge in [-0.2, -0.15) is 0 Å². The average molecular weight is 302 g/mol. The second-order valence-electron chi connectivity index (χ2n) is 5.79. The number of furan rings is 1. The van der Waals surface area contributed by atoms with Gasteiger partial charge in [-0.05, 0) is 42.9 Å². The fraction of sp³-hybridized carbons (Fsp3) is 0.438. The second-order valence-corrected chi connectivity index (χ2v) is 6.90. The summed E-state index contributed by atoms with van der Waals surface area (Å²) in [5.41, 5.74) is 2.13. The van der Waals surface area contributed by atoms with Crippen molar-refractivity contribution in [3.63, 3.8) is 0 Å². The van der Waals surface area contributed by atoms with E-state index in [2.05, 4.69) is 17.6 Å². The Morgan fingerprint density at radius 1 is 1.43 bits per heavy atom. The van der Waals surface area contributed by atoms with Gasteiger partial charge in [0.15, 0.2) is 6.17 Å². The maximum absolute atomic E-state index is 12.5. The fourth-order valence-electron chi connectivity index (χ4n) is 3.31. The smallest absolute Gasteiger partial charge is 0.256 e. The third kappa shape index (κ3) is 2.07. The topological polar surface area (TPSA) is 54.3 Å². The van der Waals surface area contributed by atoms with Crippen LogP contribution in [0, 0.1) is 5.92 Å². The quantitative estimate of drug-likeness (QED) is 0.889. The highest BCUT2D eigenvalue weighted by Gasteiger charge is 2.34. The van der Waals surface area contributed by atoms with Crippen LogP contribution in [0.25, 0.3) is 0 Å². The molecular formula is C16H18N2O2S. The third-order valence-electron chi connectivity index (χ3n) is 4.55. The molecule has 0 aromatic carbocycles. The van der Waals surface area contributed by atoms with Crippen molar-refractivity contribution in [2.24, 2.45) is 5.92 Å². The molecule has 2 atom stereocenters. The van der Waals surface area contributed by atoms with Crippen LogP contribution in [0.1, 0.15) is 52.5 Å². The Balaban J connectivity index is 1.69. The molecule has 0 bridgehead atoms. The van der Waals surface area contributed by atoms with E-state index in [1.807, 2.05) is 12.1 Å². The van der Waals surface area contributed by atoms with E-state index < -0.39 is 0 Å². The molecule has 0 fully saturated rings. The van der Waals surface area contributed by atoms with E-state index in [-0.39, 0.29) is 12.1 Å². The van der Waals surface area contributed by atoms with E-state index in [1.165, 1.54) is 23.3 Å².